The van der Waals surface area contributed by atoms with Gasteiger partial charge < -0.3 is 9.64 Å². The van der Waals surface area contributed by atoms with Gasteiger partial charge in [-0.3, -0.25) is 4.79 Å². The monoisotopic (exact) mass is 209 g/mol. The highest BCUT2D eigenvalue weighted by Gasteiger charge is 2.38. The van der Waals surface area contributed by atoms with Crippen molar-refractivity contribution in [1.29, 1.82) is 0 Å². The van der Waals surface area contributed by atoms with Gasteiger partial charge in [0.05, 0.1) is 5.60 Å². The number of nitrogens with zero attached hydrogens (tertiary/aromatic N) is 1. The molecule has 1 spiro atoms. The minimum atomic E-state index is -0.0326. The summed E-state index contributed by atoms with van der Waals surface area (Å²) in [5, 5.41) is 0. The smallest absolute Gasteiger partial charge is 0.246 e. The first-order valence-corrected chi connectivity index (χ1v) is 5.81. The van der Waals surface area contributed by atoms with Crippen molar-refractivity contribution in [2.75, 3.05) is 19.7 Å². The lowest BCUT2D eigenvalue weighted by molar-refractivity contribution is -0.144. The fourth-order valence-electron chi connectivity index (χ4n) is 2.65. The Morgan fingerprint density at radius 3 is 2.80 bits per heavy atom. The van der Waals surface area contributed by atoms with Crippen LogP contribution in [0.1, 0.15) is 32.1 Å². The molecule has 1 unspecified atom stereocenters. The first kappa shape index (κ1) is 10.7. The molecular weight excluding hydrogens is 190 g/mol. The lowest BCUT2D eigenvalue weighted by Gasteiger charge is -2.44. The van der Waals surface area contributed by atoms with Crippen molar-refractivity contribution in [2.45, 2.75) is 37.7 Å². The van der Waals surface area contributed by atoms with Gasteiger partial charge in [0.25, 0.3) is 0 Å². The van der Waals surface area contributed by atoms with Gasteiger partial charge in [-0.1, -0.05) is 6.58 Å². The second-order valence-electron chi connectivity index (χ2n) is 4.56. The molecule has 0 aromatic rings. The lowest BCUT2D eigenvalue weighted by atomic mass is 9.86. The van der Waals surface area contributed by atoms with Crippen LogP contribution in [0.2, 0.25) is 0 Å². The third-order valence-corrected chi connectivity index (χ3v) is 3.46. The van der Waals surface area contributed by atoms with Crippen molar-refractivity contribution in [3.8, 4) is 0 Å². The van der Waals surface area contributed by atoms with Crippen LogP contribution >= 0.6 is 0 Å². The van der Waals surface area contributed by atoms with E-state index in [1.807, 2.05) is 4.90 Å². The average Bonchev–Trinajstić information content (AvgIpc) is 2.29. The summed E-state index contributed by atoms with van der Waals surface area (Å²) in [6, 6.07) is 0. The third kappa shape index (κ3) is 2.23. The Morgan fingerprint density at radius 2 is 2.13 bits per heavy atom. The number of hydrogen-bond donors (Lipinski definition) is 0. The molecule has 3 nitrogen and oxygen atoms in total. The predicted molar refractivity (Wildman–Crippen MR) is 58.5 cm³/mol. The third-order valence-electron chi connectivity index (χ3n) is 3.46. The molecule has 15 heavy (non-hydrogen) atoms. The van der Waals surface area contributed by atoms with E-state index in [-0.39, 0.29) is 11.5 Å². The van der Waals surface area contributed by atoms with E-state index in [0.29, 0.717) is 0 Å². The molecule has 0 bridgehead atoms. The van der Waals surface area contributed by atoms with Crippen molar-refractivity contribution in [3.63, 3.8) is 0 Å². The van der Waals surface area contributed by atoms with Gasteiger partial charge in [-0.25, -0.2) is 0 Å². The van der Waals surface area contributed by atoms with Gasteiger partial charge in [-0.05, 0) is 38.2 Å². The van der Waals surface area contributed by atoms with E-state index in [9.17, 15) is 4.79 Å². The van der Waals surface area contributed by atoms with Crippen molar-refractivity contribution in [1.82, 2.24) is 4.90 Å². The number of rotatable bonds is 1. The maximum absolute atomic E-state index is 11.5. The summed E-state index contributed by atoms with van der Waals surface area (Å²) in [5.41, 5.74) is -0.0326. The average molecular weight is 209 g/mol. The Labute approximate surface area is 91.1 Å². The van der Waals surface area contributed by atoms with Gasteiger partial charge in [0, 0.05) is 19.7 Å². The zero-order valence-corrected chi connectivity index (χ0v) is 9.21. The molecule has 2 saturated heterocycles. The SMILES string of the molecule is C=CC(=O)N1CCCC2(CCCCO2)C1. The van der Waals surface area contributed by atoms with Gasteiger partial charge in [0.2, 0.25) is 5.91 Å². The number of ether oxygens (including phenoxy) is 1. The van der Waals surface area contributed by atoms with Crippen LogP contribution in [0.3, 0.4) is 0 Å². The molecule has 2 aliphatic rings. The van der Waals surface area contributed by atoms with Crippen LogP contribution in [-0.2, 0) is 9.53 Å². The molecule has 1 atom stereocenters. The fourth-order valence-corrected chi connectivity index (χ4v) is 2.65. The lowest BCUT2D eigenvalue weighted by Crippen LogP contribution is -2.52. The summed E-state index contributed by atoms with van der Waals surface area (Å²) < 4.78 is 5.90. The van der Waals surface area contributed by atoms with Crippen molar-refractivity contribution in [2.24, 2.45) is 0 Å². The normalized spacial score (nSPS) is 31.6. The van der Waals surface area contributed by atoms with Gasteiger partial charge in [-0.15, -0.1) is 0 Å². The Kier molecular flexibility index (Phi) is 3.10. The van der Waals surface area contributed by atoms with Crippen molar-refractivity contribution < 1.29 is 9.53 Å². The number of amides is 1. The molecule has 0 aliphatic carbocycles. The second kappa shape index (κ2) is 4.35. The zero-order chi connectivity index (χ0) is 10.7. The molecule has 84 valence electrons. The van der Waals surface area contributed by atoms with Gasteiger partial charge in [0.1, 0.15) is 0 Å². The minimum Gasteiger partial charge on any atom is -0.373 e. The van der Waals surface area contributed by atoms with Gasteiger partial charge >= 0.3 is 0 Å². The van der Waals surface area contributed by atoms with Crippen molar-refractivity contribution >= 4 is 5.91 Å². The van der Waals surface area contributed by atoms with E-state index in [4.69, 9.17) is 4.74 Å². The quantitative estimate of drug-likeness (QED) is 0.616. The molecule has 0 saturated carbocycles. The maximum Gasteiger partial charge on any atom is 0.246 e. The van der Waals surface area contributed by atoms with Crippen LogP contribution in [0, 0.1) is 0 Å². The Hall–Kier alpha value is -0.830. The molecule has 2 fully saturated rings. The second-order valence-corrected chi connectivity index (χ2v) is 4.56. The standard InChI is InChI=1S/C12H19NO2/c1-2-11(14)13-8-5-7-12(10-13)6-3-4-9-15-12/h2H,1,3-10H2. The van der Waals surface area contributed by atoms with Crippen LogP contribution in [0.25, 0.3) is 0 Å². The Balaban J connectivity index is 2.02. The maximum atomic E-state index is 11.5. The molecule has 1 amide bonds. The molecule has 2 aliphatic heterocycles. The largest absolute Gasteiger partial charge is 0.373 e. The summed E-state index contributed by atoms with van der Waals surface area (Å²) >= 11 is 0. The number of carbonyl (C=O) groups excluding carboxylic acids is 1. The predicted octanol–water partition coefficient (Wildman–Crippen LogP) is 1.73. The molecule has 0 N–H and O–H groups in total. The Morgan fingerprint density at radius 1 is 1.33 bits per heavy atom. The number of hydrogen-bond acceptors (Lipinski definition) is 2. The number of likely N-dealkylation sites (tertiary alicyclic amines) is 1. The van der Waals surface area contributed by atoms with Crippen LogP contribution < -0.4 is 0 Å². The van der Waals surface area contributed by atoms with E-state index in [0.717, 1.165) is 45.4 Å². The van der Waals surface area contributed by atoms with Crippen molar-refractivity contribution in [3.05, 3.63) is 12.7 Å². The molecule has 2 heterocycles. The molecule has 0 radical (unpaired) electrons. The molecule has 0 aromatic heterocycles. The van der Waals surface area contributed by atoms with Gasteiger partial charge in [-0.2, -0.15) is 0 Å². The summed E-state index contributed by atoms with van der Waals surface area (Å²) in [6.45, 7) is 6.01. The molecular formula is C12H19NO2. The highest BCUT2D eigenvalue weighted by molar-refractivity contribution is 5.87. The summed E-state index contributed by atoms with van der Waals surface area (Å²) in [4.78, 5) is 13.4. The van der Waals surface area contributed by atoms with E-state index in [1.54, 1.807) is 0 Å². The van der Waals surface area contributed by atoms with Crippen LogP contribution in [0.15, 0.2) is 12.7 Å². The fraction of sp³-hybridized carbons (Fsp3) is 0.750. The van der Waals surface area contributed by atoms with Crippen LogP contribution in [-0.4, -0.2) is 36.1 Å². The van der Waals surface area contributed by atoms with E-state index in [1.165, 1.54) is 12.5 Å². The molecule has 3 heteroatoms. The molecule has 2 rings (SSSR count). The Bertz CT molecular complexity index is 251. The highest BCUT2D eigenvalue weighted by atomic mass is 16.5. The topological polar surface area (TPSA) is 29.5 Å². The van der Waals surface area contributed by atoms with E-state index in [2.05, 4.69) is 6.58 Å². The summed E-state index contributed by atoms with van der Waals surface area (Å²) in [7, 11) is 0. The molecule has 0 aromatic carbocycles. The summed E-state index contributed by atoms with van der Waals surface area (Å²) in [6.07, 6.45) is 7.07. The minimum absolute atomic E-state index is 0.0326. The van der Waals surface area contributed by atoms with Crippen LogP contribution in [0.4, 0.5) is 0 Å². The zero-order valence-electron chi connectivity index (χ0n) is 9.21. The van der Waals surface area contributed by atoms with Crippen LogP contribution in [0.5, 0.6) is 0 Å². The number of carbonyl (C=O) groups is 1. The van der Waals surface area contributed by atoms with E-state index < -0.39 is 0 Å². The summed E-state index contributed by atoms with van der Waals surface area (Å²) in [5.74, 6) is 0.0447. The van der Waals surface area contributed by atoms with Gasteiger partial charge in [0.15, 0.2) is 0 Å². The van der Waals surface area contributed by atoms with E-state index >= 15 is 0 Å². The first-order valence-electron chi connectivity index (χ1n) is 5.81. The first-order chi connectivity index (χ1) is 7.26. The number of piperidine rings is 1. The highest BCUT2D eigenvalue weighted by Crippen LogP contribution is 2.33.